The lowest BCUT2D eigenvalue weighted by Crippen LogP contribution is -2.48. The number of anilines is 1. The predicted octanol–water partition coefficient (Wildman–Crippen LogP) is 3.96. The van der Waals surface area contributed by atoms with Gasteiger partial charge in [-0.25, -0.2) is 13.4 Å². The summed E-state index contributed by atoms with van der Waals surface area (Å²) in [6.07, 6.45) is 1.64. The minimum Gasteiger partial charge on any atom is -0.369 e. The van der Waals surface area contributed by atoms with Crippen molar-refractivity contribution in [1.82, 2.24) is 9.29 Å². The van der Waals surface area contributed by atoms with Crippen LogP contribution in [0.5, 0.6) is 0 Å². The number of rotatable bonds is 6. The monoisotopic (exact) mass is 470 g/mol. The minimum absolute atomic E-state index is 0.0185. The van der Waals surface area contributed by atoms with Crippen molar-refractivity contribution in [1.29, 1.82) is 0 Å². The van der Waals surface area contributed by atoms with Crippen LogP contribution >= 0.6 is 11.8 Å². The lowest BCUT2D eigenvalue weighted by molar-refractivity contribution is -0.387. The topological polar surface area (TPSA) is 96.7 Å². The first kappa shape index (κ1) is 22.3. The number of aromatic nitrogens is 1. The van der Waals surface area contributed by atoms with Crippen molar-refractivity contribution < 1.29 is 13.3 Å². The molecule has 4 rings (SSSR count). The highest BCUT2D eigenvalue weighted by atomic mass is 32.2. The fourth-order valence-electron chi connectivity index (χ4n) is 3.50. The molecule has 0 bridgehead atoms. The first-order valence-electron chi connectivity index (χ1n) is 10.0. The molecule has 1 fully saturated rings. The number of nitro groups is 1. The zero-order valence-corrected chi connectivity index (χ0v) is 19.1. The Morgan fingerprint density at radius 3 is 2.34 bits per heavy atom. The number of nitrogens with zero attached hydrogens (tertiary/aromatic N) is 4. The maximum Gasteiger partial charge on any atom is 0.283 e. The van der Waals surface area contributed by atoms with E-state index < -0.39 is 14.9 Å². The van der Waals surface area contributed by atoms with E-state index in [2.05, 4.69) is 4.98 Å². The SMILES string of the molecule is Cc1ccc(S(=O)(=O)N2CCN(c3ccc([N+](=O)[O-])c(Sc4ccccn4)c3)CC2)cc1. The summed E-state index contributed by atoms with van der Waals surface area (Å²) in [6.45, 7) is 3.60. The van der Waals surface area contributed by atoms with E-state index in [1.807, 2.05) is 17.9 Å². The third-order valence-corrected chi connectivity index (χ3v) is 8.17. The number of aryl methyl sites for hydroxylation is 1. The van der Waals surface area contributed by atoms with Crippen LogP contribution in [0.2, 0.25) is 0 Å². The van der Waals surface area contributed by atoms with Crippen LogP contribution in [0.25, 0.3) is 0 Å². The second kappa shape index (κ2) is 9.27. The summed E-state index contributed by atoms with van der Waals surface area (Å²) in [5, 5.41) is 12.2. The maximum absolute atomic E-state index is 12.9. The van der Waals surface area contributed by atoms with Crippen molar-refractivity contribution in [3.05, 3.63) is 82.5 Å². The normalized spacial score (nSPS) is 15.0. The molecule has 1 saturated heterocycles. The molecule has 10 heteroatoms. The van der Waals surface area contributed by atoms with Gasteiger partial charge in [-0.05, 0) is 43.3 Å². The fourth-order valence-corrected chi connectivity index (χ4v) is 5.83. The van der Waals surface area contributed by atoms with Crippen LogP contribution in [0.3, 0.4) is 0 Å². The van der Waals surface area contributed by atoms with Gasteiger partial charge in [0.15, 0.2) is 0 Å². The van der Waals surface area contributed by atoms with E-state index in [1.54, 1.807) is 54.7 Å². The third-order valence-electron chi connectivity index (χ3n) is 5.25. The fraction of sp³-hybridized carbons (Fsp3) is 0.227. The van der Waals surface area contributed by atoms with Crippen LogP contribution in [0, 0.1) is 17.0 Å². The van der Waals surface area contributed by atoms with Crippen molar-refractivity contribution >= 4 is 33.2 Å². The summed E-state index contributed by atoms with van der Waals surface area (Å²) in [4.78, 5) is 18.2. The van der Waals surface area contributed by atoms with Gasteiger partial charge in [0.2, 0.25) is 10.0 Å². The minimum atomic E-state index is -3.55. The Morgan fingerprint density at radius 2 is 1.72 bits per heavy atom. The van der Waals surface area contributed by atoms with Crippen molar-refractivity contribution in [2.45, 2.75) is 21.7 Å². The number of pyridine rings is 1. The predicted molar refractivity (Wildman–Crippen MR) is 124 cm³/mol. The molecule has 8 nitrogen and oxygen atoms in total. The van der Waals surface area contributed by atoms with Gasteiger partial charge in [0, 0.05) is 44.1 Å². The zero-order valence-electron chi connectivity index (χ0n) is 17.4. The molecule has 0 N–H and O–H groups in total. The average molecular weight is 471 g/mol. The van der Waals surface area contributed by atoms with Crippen LogP contribution < -0.4 is 4.90 Å². The zero-order chi connectivity index (χ0) is 22.7. The number of hydrogen-bond acceptors (Lipinski definition) is 7. The summed E-state index contributed by atoms with van der Waals surface area (Å²) < 4.78 is 27.4. The second-order valence-corrected chi connectivity index (χ2v) is 10.4. The largest absolute Gasteiger partial charge is 0.369 e. The van der Waals surface area contributed by atoms with E-state index >= 15 is 0 Å². The van der Waals surface area contributed by atoms with E-state index in [1.165, 1.54) is 22.1 Å². The van der Waals surface area contributed by atoms with Crippen molar-refractivity contribution in [3.63, 3.8) is 0 Å². The van der Waals surface area contributed by atoms with Crippen LogP contribution in [0.1, 0.15) is 5.56 Å². The van der Waals surface area contributed by atoms with E-state index in [-0.39, 0.29) is 5.69 Å². The summed E-state index contributed by atoms with van der Waals surface area (Å²) in [6, 6.07) is 17.3. The molecule has 0 atom stereocenters. The van der Waals surface area contributed by atoms with Crippen LogP contribution in [0.15, 0.2) is 81.7 Å². The second-order valence-electron chi connectivity index (χ2n) is 7.38. The smallest absolute Gasteiger partial charge is 0.283 e. The lowest BCUT2D eigenvalue weighted by atomic mass is 10.2. The van der Waals surface area contributed by atoms with Crippen LogP contribution in [-0.4, -0.2) is 48.8 Å². The van der Waals surface area contributed by atoms with Gasteiger partial charge in [0.1, 0.15) is 5.03 Å². The van der Waals surface area contributed by atoms with E-state index in [4.69, 9.17) is 0 Å². The van der Waals surface area contributed by atoms with E-state index in [9.17, 15) is 18.5 Å². The Bertz CT molecular complexity index is 1210. The average Bonchev–Trinajstić information content (AvgIpc) is 2.80. The van der Waals surface area contributed by atoms with Crippen molar-refractivity contribution in [2.75, 3.05) is 31.1 Å². The molecule has 2 heterocycles. The van der Waals surface area contributed by atoms with Gasteiger partial charge in [-0.3, -0.25) is 10.1 Å². The molecule has 1 aliphatic rings. The summed E-state index contributed by atoms with van der Waals surface area (Å²) in [5.74, 6) is 0. The van der Waals surface area contributed by atoms with E-state index in [0.29, 0.717) is 41.0 Å². The number of hydrogen-bond donors (Lipinski definition) is 0. The molecular weight excluding hydrogens is 448 g/mol. The maximum atomic E-state index is 12.9. The summed E-state index contributed by atoms with van der Waals surface area (Å²) in [5.41, 5.74) is 1.85. The molecule has 166 valence electrons. The number of benzene rings is 2. The molecule has 32 heavy (non-hydrogen) atoms. The molecular formula is C22H22N4O4S2. The van der Waals surface area contributed by atoms with Gasteiger partial charge in [0.25, 0.3) is 5.69 Å². The van der Waals surface area contributed by atoms with Gasteiger partial charge >= 0.3 is 0 Å². The number of sulfonamides is 1. The Kier molecular flexibility index (Phi) is 6.45. The molecule has 1 aliphatic heterocycles. The summed E-state index contributed by atoms with van der Waals surface area (Å²) >= 11 is 1.24. The Labute approximate surface area is 191 Å². The number of piperazine rings is 1. The Morgan fingerprint density at radius 1 is 1.00 bits per heavy atom. The molecule has 0 aliphatic carbocycles. The number of nitro benzene ring substituents is 1. The highest BCUT2D eigenvalue weighted by Crippen LogP contribution is 2.37. The molecule has 0 amide bonds. The Balaban J connectivity index is 1.51. The van der Waals surface area contributed by atoms with E-state index in [0.717, 1.165) is 11.3 Å². The van der Waals surface area contributed by atoms with Gasteiger partial charge in [-0.1, -0.05) is 35.5 Å². The molecule has 0 radical (unpaired) electrons. The third kappa shape index (κ3) is 4.77. The molecule has 1 aromatic heterocycles. The van der Waals surface area contributed by atoms with Gasteiger partial charge in [-0.2, -0.15) is 4.31 Å². The standard InChI is InChI=1S/C22H22N4O4S2/c1-17-5-8-19(9-6-17)32(29,30)25-14-12-24(13-15-25)18-7-10-20(26(27)28)21(16-18)31-22-4-2-3-11-23-22/h2-11,16H,12-15H2,1H3. The summed E-state index contributed by atoms with van der Waals surface area (Å²) in [7, 11) is -3.55. The highest BCUT2D eigenvalue weighted by molar-refractivity contribution is 7.99. The first-order chi connectivity index (χ1) is 15.3. The van der Waals surface area contributed by atoms with Crippen LogP contribution in [0.4, 0.5) is 11.4 Å². The van der Waals surface area contributed by atoms with Crippen molar-refractivity contribution in [3.8, 4) is 0 Å². The molecule has 0 saturated carbocycles. The van der Waals surface area contributed by atoms with Gasteiger partial charge in [0.05, 0.1) is 14.7 Å². The first-order valence-corrected chi connectivity index (χ1v) is 12.3. The Hall–Kier alpha value is -2.95. The van der Waals surface area contributed by atoms with Crippen LogP contribution in [-0.2, 0) is 10.0 Å². The van der Waals surface area contributed by atoms with Gasteiger partial charge < -0.3 is 4.90 Å². The molecule has 3 aromatic rings. The molecule has 2 aromatic carbocycles. The molecule has 0 unspecified atom stereocenters. The van der Waals surface area contributed by atoms with Gasteiger partial charge in [-0.15, -0.1) is 0 Å². The highest BCUT2D eigenvalue weighted by Gasteiger charge is 2.29. The molecule has 0 spiro atoms. The lowest BCUT2D eigenvalue weighted by Gasteiger charge is -2.35. The quantitative estimate of drug-likeness (QED) is 0.397. The van der Waals surface area contributed by atoms with Crippen molar-refractivity contribution in [2.24, 2.45) is 0 Å².